The Kier molecular flexibility index (Phi) is 16.3. The number of carboxylic acids is 1. The number of carboxylic acid groups (broad SMARTS) is 1. The molecule has 0 amide bonds. The summed E-state index contributed by atoms with van der Waals surface area (Å²) in [5.74, 6) is -4.17. The van der Waals surface area contributed by atoms with Crippen molar-refractivity contribution in [3.63, 3.8) is 0 Å². The zero-order valence-corrected chi connectivity index (χ0v) is 33.0. The minimum atomic E-state index is -1.84. The maximum atomic E-state index is 12.6. The first-order valence-corrected chi connectivity index (χ1v) is 20.8. The summed E-state index contributed by atoms with van der Waals surface area (Å²) >= 11 is 0. The van der Waals surface area contributed by atoms with Crippen LogP contribution in [0.3, 0.4) is 0 Å². The van der Waals surface area contributed by atoms with Gasteiger partial charge >= 0.3 is 17.9 Å². The van der Waals surface area contributed by atoms with Crippen LogP contribution in [0.25, 0.3) is 0 Å². The van der Waals surface area contributed by atoms with E-state index in [1.807, 2.05) is 0 Å². The van der Waals surface area contributed by atoms with E-state index in [9.17, 15) is 65.4 Å². The molecule has 0 bridgehead atoms. The van der Waals surface area contributed by atoms with E-state index < -0.39 is 148 Å². The summed E-state index contributed by atoms with van der Waals surface area (Å²) in [5.41, 5.74) is 0. The average Bonchev–Trinajstić information content (AvgIpc) is 3.20. The van der Waals surface area contributed by atoms with Crippen molar-refractivity contribution in [1.29, 1.82) is 0 Å². The van der Waals surface area contributed by atoms with E-state index in [4.69, 9.17) is 38.3 Å². The number of hydrogen-bond acceptors (Lipinski definition) is 19. The summed E-state index contributed by atoms with van der Waals surface area (Å²) in [5, 5.41) is 115. The Morgan fingerprint density at radius 3 is 1.82 bits per heavy atom. The molecule has 19 unspecified atom stereocenters. The van der Waals surface area contributed by atoms with Gasteiger partial charge in [-0.05, 0) is 57.3 Å². The number of esters is 2. The fourth-order valence-electron chi connectivity index (χ4n) is 9.38. The van der Waals surface area contributed by atoms with Gasteiger partial charge in [-0.2, -0.15) is 0 Å². The van der Waals surface area contributed by atoms with Gasteiger partial charge in [-0.15, -0.1) is 0 Å². The van der Waals surface area contributed by atoms with Crippen LogP contribution in [-0.2, 0) is 42.8 Å². The fraction of sp³-hybridized carbons (Fsp3) is 0.872. The minimum Gasteiger partial charge on any atom is -0.481 e. The van der Waals surface area contributed by atoms with Gasteiger partial charge in [0.2, 0.25) is 0 Å². The minimum absolute atomic E-state index is 0.00997. The highest BCUT2D eigenvalue weighted by Gasteiger charge is 2.57. The molecule has 0 aromatic rings. The normalized spacial score (nSPS) is 46.3. The Morgan fingerprint density at radius 1 is 0.617 bits per heavy atom. The number of rotatable bonds is 13. The molecule has 3 saturated carbocycles. The molecule has 3 heterocycles. The number of aliphatic hydroxyl groups excluding tert-OH is 10. The van der Waals surface area contributed by atoms with Crippen LogP contribution in [0.1, 0.15) is 70.6 Å². The van der Waals surface area contributed by atoms with Crippen LogP contribution in [0.5, 0.6) is 0 Å². The number of hydrogen-bond donors (Lipinski definition) is 11. The van der Waals surface area contributed by atoms with Crippen molar-refractivity contribution in [3.8, 4) is 0 Å². The topological polar surface area (TPSA) is 342 Å². The van der Waals surface area contributed by atoms with Gasteiger partial charge in [0.1, 0.15) is 74.6 Å². The van der Waals surface area contributed by atoms with Crippen LogP contribution < -0.4 is 0 Å². The lowest BCUT2D eigenvalue weighted by Crippen LogP contribution is -2.64. The molecule has 12 N–H and O–H groups in total. The SMILES string of the molecule is O=C(O)CC(=O)OCC1OC(OC2CC(O)CC3[OH+]C(C4CCC(O)C(O)C4)C(OC4OC(COC(=O)C=CC5CCC(O)CC5)C(O)C(O)C4O)CC23)C(O)C(O)C1O. The number of aliphatic hydroxyl groups is 12. The molecular formula is C39H61O21+. The smallest absolute Gasteiger partial charge is 0.330 e. The molecule has 21 heteroatoms. The molecule has 6 fully saturated rings. The predicted octanol–water partition coefficient (Wildman–Crippen LogP) is -4.00. The highest BCUT2D eigenvalue weighted by atomic mass is 16.7. The Labute approximate surface area is 345 Å². The highest BCUT2D eigenvalue weighted by molar-refractivity contribution is 5.90. The third-order valence-corrected chi connectivity index (χ3v) is 12.8. The summed E-state index contributed by atoms with van der Waals surface area (Å²) in [6, 6.07) is 0. The molecule has 21 nitrogen and oxygen atoms in total. The number of carbonyl (C=O) groups excluding carboxylic acids is 2. The first-order chi connectivity index (χ1) is 28.5. The van der Waals surface area contributed by atoms with E-state index in [-0.39, 0.29) is 50.0 Å². The van der Waals surface area contributed by atoms with E-state index >= 15 is 0 Å². The second-order valence-electron chi connectivity index (χ2n) is 17.1. The number of ether oxygens (including phenoxy) is 7. The zero-order chi connectivity index (χ0) is 43.4. The van der Waals surface area contributed by atoms with Gasteiger partial charge in [0, 0.05) is 24.8 Å². The lowest BCUT2D eigenvalue weighted by Gasteiger charge is -2.50. The van der Waals surface area contributed by atoms with Gasteiger partial charge < -0.3 is 89.3 Å². The Hall–Kier alpha value is -2.45. The molecule has 0 spiro atoms. The molecule has 3 saturated heterocycles. The van der Waals surface area contributed by atoms with Crippen LogP contribution >= 0.6 is 0 Å². The van der Waals surface area contributed by atoms with Crippen LogP contribution in [-0.4, -0.2) is 202 Å². The quantitative estimate of drug-likeness (QED) is 0.0364. The van der Waals surface area contributed by atoms with E-state index in [1.165, 1.54) is 6.08 Å². The van der Waals surface area contributed by atoms with Crippen LogP contribution in [0.4, 0.5) is 0 Å². The Bertz CT molecular complexity index is 1460. The standard InChI is InChI=1S/C39H60O21/c40-18-5-1-16(2-6-18)3-8-29(46)54-14-26-31(48)34(51)36(53)39(60-26)58-25-12-20-23(56-37(25)17-4-7-21(42)22(43)9-17)10-19(41)11-24(20)57-38-35(52)33(50)32(49)27(59-38)15-55-30(47)13-28(44)45/h3,8,16-27,31-43,48-53H,1-2,4-7,9-15H2,(H,44,45)/p+1. The summed E-state index contributed by atoms with van der Waals surface area (Å²) in [7, 11) is 0. The maximum Gasteiger partial charge on any atom is 0.330 e. The molecule has 19 atom stereocenters. The van der Waals surface area contributed by atoms with Gasteiger partial charge in [-0.1, -0.05) is 6.08 Å². The second kappa shape index (κ2) is 20.8. The van der Waals surface area contributed by atoms with E-state index in [0.717, 1.165) is 0 Å². The van der Waals surface area contributed by atoms with Crippen molar-refractivity contribution in [3.05, 3.63) is 12.2 Å². The van der Waals surface area contributed by atoms with Crippen LogP contribution in [0, 0.1) is 17.8 Å². The highest BCUT2D eigenvalue weighted by Crippen LogP contribution is 2.44. The zero-order valence-electron chi connectivity index (χ0n) is 33.0. The summed E-state index contributed by atoms with van der Waals surface area (Å²) in [6.45, 7) is -1.19. The lowest BCUT2D eigenvalue weighted by atomic mass is 9.72. The van der Waals surface area contributed by atoms with Crippen molar-refractivity contribution in [2.45, 2.75) is 181 Å². The fourth-order valence-corrected chi connectivity index (χ4v) is 9.38. The number of allylic oxidation sites excluding steroid dienone is 1. The molecule has 6 aliphatic rings. The number of carbonyl (C=O) groups is 3. The number of fused-ring (bicyclic) bond motifs is 1. The first kappa shape index (κ1) is 47.0. The molecule has 342 valence electrons. The first-order valence-electron chi connectivity index (χ1n) is 20.8. The Morgan fingerprint density at radius 2 is 1.22 bits per heavy atom. The van der Waals surface area contributed by atoms with Crippen molar-refractivity contribution in [1.82, 2.24) is 0 Å². The summed E-state index contributed by atoms with van der Waals surface area (Å²) < 4.78 is 39.6. The molecular weight excluding hydrogens is 804 g/mol. The number of aliphatic carboxylic acids is 1. The second-order valence-corrected chi connectivity index (χ2v) is 17.1. The van der Waals surface area contributed by atoms with E-state index in [1.54, 1.807) is 6.08 Å². The Balaban J connectivity index is 1.16. The van der Waals surface area contributed by atoms with E-state index in [0.29, 0.717) is 32.1 Å². The third kappa shape index (κ3) is 11.6. The molecule has 3 aliphatic carbocycles. The van der Waals surface area contributed by atoms with Gasteiger partial charge in [0.05, 0.1) is 36.4 Å². The third-order valence-electron chi connectivity index (χ3n) is 12.8. The van der Waals surface area contributed by atoms with Crippen molar-refractivity contribution < 1.29 is 104 Å². The molecule has 3 aliphatic heterocycles. The molecule has 6 rings (SSSR count). The maximum absolute atomic E-state index is 12.6. The molecule has 0 aromatic heterocycles. The largest absolute Gasteiger partial charge is 0.481 e. The van der Waals surface area contributed by atoms with Crippen LogP contribution in [0.2, 0.25) is 0 Å². The summed E-state index contributed by atoms with van der Waals surface area (Å²) in [6.07, 6.45) is -17.5. The average molecular weight is 866 g/mol. The predicted molar refractivity (Wildman–Crippen MR) is 197 cm³/mol. The van der Waals surface area contributed by atoms with Crippen molar-refractivity contribution in [2.75, 3.05) is 13.2 Å². The monoisotopic (exact) mass is 865 g/mol. The van der Waals surface area contributed by atoms with Crippen molar-refractivity contribution >= 4 is 17.9 Å². The summed E-state index contributed by atoms with van der Waals surface area (Å²) in [4.78, 5) is 35.4. The van der Waals surface area contributed by atoms with Gasteiger partial charge in [-0.3, -0.25) is 9.59 Å². The van der Waals surface area contributed by atoms with Crippen molar-refractivity contribution in [2.24, 2.45) is 17.8 Å². The van der Waals surface area contributed by atoms with Crippen LogP contribution in [0.15, 0.2) is 12.2 Å². The van der Waals surface area contributed by atoms with E-state index in [2.05, 4.69) is 0 Å². The lowest BCUT2D eigenvalue weighted by molar-refractivity contribution is -0.367. The van der Waals surface area contributed by atoms with Gasteiger partial charge in [0.25, 0.3) is 0 Å². The molecule has 0 radical (unpaired) electrons. The molecule has 60 heavy (non-hydrogen) atoms. The van der Waals surface area contributed by atoms with Gasteiger partial charge in [-0.25, -0.2) is 4.79 Å². The van der Waals surface area contributed by atoms with Gasteiger partial charge in [0.15, 0.2) is 24.8 Å². The molecule has 0 aromatic carbocycles.